The third-order valence-corrected chi connectivity index (χ3v) is 4.55. The van der Waals surface area contributed by atoms with E-state index in [-0.39, 0.29) is 11.4 Å². The van der Waals surface area contributed by atoms with E-state index in [0.29, 0.717) is 17.8 Å². The molecule has 2 N–H and O–H groups in total. The van der Waals surface area contributed by atoms with E-state index in [1.54, 1.807) is 20.8 Å². The lowest BCUT2D eigenvalue weighted by molar-refractivity contribution is -0.137. The van der Waals surface area contributed by atoms with E-state index in [2.05, 4.69) is 10.2 Å². The molecule has 0 bridgehead atoms. The Balaban J connectivity index is 3.21. The average molecular weight is 275 g/mol. The maximum atomic E-state index is 12.4. The van der Waals surface area contributed by atoms with Gasteiger partial charge in [0.1, 0.15) is 11.4 Å². The lowest BCUT2D eigenvalue weighted by Crippen LogP contribution is -2.36. The molecule has 1 heterocycles. The van der Waals surface area contributed by atoms with Gasteiger partial charge in [0, 0.05) is 6.54 Å². The summed E-state index contributed by atoms with van der Waals surface area (Å²) in [6, 6.07) is 0. The number of aryl methyl sites for hydroxylation is 2. The van der Waals surface area contributed by atoms with Crippen LogP contribution in [0, 0.1) is 13.8 Å². The molecule has 0 amide bonds. The number of nitrogens with one attached hydrogen (secondary N) is 1. The zero-order chi connectivity index (χ0) is 13.9. The molecule has 1 aromatic rings. The van der Waals surface area contributed by atoms with E-state index < -0.39 is 22.5 Å². The first kappa shape index (κ1) is 14.7. The molecule has 0 spiro atoms. The quantitative estimate of drug-likeness (QED) is 0.787. The summed E-state index contributed by atoms with van der Waals surface area (Å²) < 4.78 is 25.7. The van der Waals surface area contributed by atoms with Gasteiger partial charge in [0.15, 0.2) is 0 Å². The fraction of sp³-hybridized carbons (Fsp3) is 0.600. The van der Waals surface area contributed by atoms with Gasteiger partial charge in [0.25, 0.3) is 0 Å². The summed E-state index contributed by atoms with van der Waals surface area (Å²) in [4.78, 5) is 10.8. The minimum absolute atomic E-state index is 0.0669. The summed E-state index contributed by atoms with van der Waals surface area (Å²) in [7, 11) is -3.82. The molecule has 0 fully saturated rings. The van der Waals surface area contributed by atoms with Gasteiger partial charge in [-0.15, -0.1) is 0 Å². The first-order valence-electron chi connectivity index (χ1n) is 5.54. The number of aromatic nitrogens is 2. The molecular formula is C10H17N3O4S. The van der Waals surface area contributed by atoms with Gasteiger partial charge in [-0.2, -0.15) is 9.40 Å². The number of aromatic amines is 1. The average Bonchev–Trinajstić information content (AvgIpc) is 2.57. The van der Waals surface area contributed by atoms with Crippen LogP contribution in [0.2, 0.25) is 0 Å². The van der Waals surface area contributed by atoms with Crippen molar-refractivity contribution in [2.75, 3.05) is 13.1 Å². The third kappa shape index (κ3) is 2.88. The largest absolute Gasteiger partial charge is 0.480 e. The van der Waals surface area contributed by atoms with Crippen LogP contribution in [0.3, 0.4) is 0 Å². The number of H-pyrrole nitrogens is 1. The molecule has 0 saturated carbocycles. The Hall–Kier alpha value is -1.41. The van der Waals surface area contributed by atoms with E-state index in [1.807, 2.05) is 0 Å². The number of carbonyl (C=O) groups is 1. The van der Waals surface area contributed by atoms with Crippen LogP contribution < -0.4 is 0 Å². The van der Waals surface area contributed by atoms with Crippen LogP contribution in [0.1, 0.15) is 24.7 Å². The minimum atomic E-state index is -3.82. The molecule has 0 aromatic carbocycles. The topological polar surface area (TPSA) is 103 Å². The highest BCUT2D eigenvalue weighted by atomic mass is 32.2. The fourth-order valence-corrected chi connectivity index (χ4v) is 3.55. The van der Waals surface area contributed by atoms with Gasteiger partial charge < -0.3 is 5.11 Å². The van der Waals surface area contributed by atoms with Crippen LogP contribution in [0.15, 0.2) is 4.90 Å². The molecule has 7 nitrogen and oxygen atoms in total. The first-order chi connectivity index (χ1) is 8.30. The Morgan fingerprint density at radius 2 is 2.06 bits per heavy atom. The van der Waals surface area contributed by atoms with Gasteiger partial charge in [-0.05, 0) is 20.3 Å². The van der Waals surface area contributed by atoms with E-state index in [4.69, 9.17) is 5.11 Å². The number of carboxylic acids is 1. The van der Waals surface area contributed by atoms with Gasteiger partial charge in [-0.3, -0.25) is 9.89 Å². The highest BCUT2D eigenvalue weighted by Crippen LogP contribution is 2.21. The molecule has 0 radical (unpaired) electrons. The molecule has 0 aliphatic rings. The smallest absolute Gasteiger partial charge is 0.318 e. The Morgan fingerprint density at radius 3 is 2.44 bits per heavy atom. The second-order valence-corrected chi connectivity index (χ2v) is 5.87. The molecule has 0 saturated heterocycles. The zero-order valence-corrected chi connectivity index (χ0v) is 11.4. The Labute approximate surface area is 106 Å². The predicted octanol–water partition coefficient (Wildman–Crippen LogP) is 0.512. The SMILES string of the molecule is CCCN(CC(=O)O)S(=O)(=O)c1c(C)n[nH]c1C. The van der Waals surface area contributed by atoms with Crippen molar-refractivity contribution in [3.63, 3.8) is 0 Å². The maximum Gasteiger partial charge on any atom is 0.318 e. The molecule has 0 atom stereocenters. The van der Waals surface area contributed by atoms with E-state index in [9.17, 15) is 13.2 Å². The highest BCUT2D eigenvalue weighted by Gasteiger charge is 2.30. The number of hydrogen-bond donors (Lipinski definition) is 2. The molecule has 1 aromatic heterocycles. The molecule has 0 aliphatic heterocycles. The number of nitrogens with zero attached hydrogens (tertiary/aromatic N) is 2. The number of hydrogen-bond acceptors (Lipinski definition) is 4. The maximum absolute atomic E-state index is 12.4. The standard InChI is InChI=1S/C10H17N3O4S/c1-4-5-13(6-9(14)15)18(16,17)10-7(2)11-12-8(10)3/h4-6H2,1-3H3,(H,11,12)(H,14,15). The van der Waals surface area contributed by atoms with Crippen molar-refractivity contribution in [3.8, 4) is 0 Å². The summed E-state index contributed by atoms with van der Waals surface area (Å²) in [6.07, 6.45) is 0.544. The van der Waals surface area contributed by atoms with Gasteiger partial charge in [0.2, 0.25) is 10.0 Å². The summed E-state index contributed by atoms with van der Waals surface area (Å²) in [5, 5.41) is 15.2. The van der Waals surface area contributed by atoms with Crippen molar-refractivity contribution in [3.05, 3.63) is 11.4 Å². The van der Waals surface area contributed by atoms with Crippen molar-refractivity contribution < 1.29 is 18.3 Å². The number of aliphatic carboxylic acids is 1. The second-order valence-electron chi connectivity index (χ2n) is 4.00. The normalized spacial score (nSPS) is 12.0. The van der Waals surface area contributed by atoms with Crippen LogP contribution in [-0.2, 0) is 14.8 Å². The van der Waals surface area contributed by atoms with Crippen molar-refractivity contribution in [1.82, 2.24) is 14.5 Å². The van der Waals surface area contributed by atoms with Gasteiger partial charge in [0.05, 0.1) is 11.4 Å². The Bertz CT molecular complexity index is 516. The molecule has 0 unspecified atom stereocenters. The molecule has 0 aliphatic carbocycles. The monoisotopic (exact) mass is 275 g/mol. The second kappa shape index (κ2) is 5.49. The predicted molar refractivity (Wildman–Crippen MR) is 64.7 cm³/mol. The Kier molecular flexibility index (Phi) is 4.47. The highest BCUT2D eigenvalue weighted by molar-refractivity contribution is 7.89. The summed E-state index contributed by atoms with van der Waals surface area (Å²) in [6.45, 7) is 4.58. The fourth-order valence-electron chi connectivity index (χ4n) is 1.73. The lowest BCUT2D eigenvalue weighted by Gasteiger charge is -2.19. The van der Waals surface area contributed by atoms with Gasteiger partial charge >= 0.3 is 5.97 Å². The van der Waals surface area contributed by atoms with E-state index in [0.717, 1.165) is 4.31 Å². The van der Waals surface area contributed by atoms with Crippen LogP contribution in [0.5, 0.6) is 0 Å². The summed E-state index contributed by atoms with van der Waals surface area (Å²) >= 11 is 0. The number of sulfonamides is 1. The van der Waals surface area contributed by atoms with Crippen LogP contribution in [-0.4, -0.2) is 47.1 Å². The molecule has 102 valence electrons. The summed E-state index contributed by atoms with van der Waals surface area (Å²) in [5.41, 5.74) is 0.762. The summed E-state index contributed by atoms with van der Waals surface area (Å²) in [5.74, 6) is -1.18. The van der Waals surface area contributed by atoms with Gasteiger partial charge in [-0.1, -0.05) is 6.92 Å². The van der Waals surface area contributed by atoms with Crippen molar-refractivity contribution in [2.45, 2.75) is 32.1 Å². The van der Waals surface area contributed by atoms with Gasteiger partial charge in [-0.25, -0.2) is 8.42 Å². The molecule has 1 rings (SSSR count). The van der Waals surface area contributed by atoms with Crippen LogP contribution in [0.4, 0.5) is 0 Å². The zero-order valence-electron chi connectivity index (χ0n) is 10.6. The first-order valence-corrected chi connectivity index (χ1v) is 6.98. The van der Waals surface area contributed by atoms with Crippen LogP contribution >= 0.6 is 0 Å². The third-order valence-electron chi connectivity index (χ3n) is 2.44. The van der Waals surface area contributed by atoms with E-state index >= 15 is 0 Å². The van der Waals surface area contributed by atoms with Crippen LogP contribution in [0.25, 0.3) is 0 Å². The lowest BCUT2D eigenvalue weighted by atomic mass is 10.4. The van der Waals surface area contributed by atoms with Crippen molar-refractivity contribution in [2.24, 2.45) is 0 Å². The molecular weight excluding hydrogens is 258 g/mol. The van der Waals surface area contributed by atoms with E-state index in [1.165, 1.54) is 0 Å². The molecule has 18 heavy (non-hydrogen) atoms. The number of carboxylic acid groups (broad SMARTS) is 1. The van der Waals surface area contributed by atoms with Crippen molar-refractivity contribution >= 4 is 16.0 Å². The Morgan fingerprint density at radius 1 is 1.44 bits per heavy atom. The number of rotatable bonds is 6. The molecule has 8 heteroatoms. The van der Waals surface area contributed by atoms with Crippen molar-refractivity contribution in [1.29, 1.82) is 0 Å². The minimum Gasteiger partial charge on any atom is -0.480 e.